The number of hydrogen-bond acceptors (Lipinski definition) is 2. The molecule has 0 aliphatic heterocycles. The largest absolute Gasteiger partial charge is 0.392 e. The summed E-state index contributed by atoms with van der Waals surface area (Å²) in [7, 11) is 0. The minimum Gasteiger partial charge on any atom is -0.392 e. The van der Waals surface area contributed by atoms with Crippen LogP contribution in [0.2, 0.25) is 0 Å². The van der Waals surface area contributed by atoms with E-state index in [0.29, 0.717) is 6.42 Å². The first kappa shape index (κ1) is 12.6. The maximum Gasteiger partial charge on any atom is 0.134 e. The molecule has 0 saturated carbocycles. The van der Waals surface area contributed by atoms with Crippen molar-refractivity contribution in [2.24, 2.45) is 0 Å². The lowest BCUT2D eigenvalue weighted by Gasteiger charge is -1.98. The van der Waals surface area contributed by atoms with Crippen molar-refractivity contribution in [3.05, 3.63) is 48.6 Å². The van der Waals surface area contributed by atoms with Gasteiger partial charge in [0.15, 0.2) is 0 Å². The number of rotatable bonds is 3. The molecule has 0 aromatic heterocycles. The lowest BCUT2D eigenvalue weighted by atomic mass is 10.1. The van der Waals surface area contributed by atoms with E-state index in [-0.39, 0.29) is 12.4 Å². The van der Waals surface area contributed by atoms with Gasteiger partial charge in [0.25, 0.3) is 0 Å². The summed E-state index contributed by atoms with van der Waals surface area (Å²) in [4.78, 5) is 10.7. The van der Waals surface area contributed by atoms with Crippen molar-refractivity contribution in [3.8, 4) is 0 Å². The van der Waals surface area contributed by atoms with Crippen molar-refractivity contribution in [2.45, 2.75) is 20.0 Å². The first-order valence-electron chi connectivity index (χ1n) is 4.40. The fraction of sp³-hybridized carbons (Fsp3) is 0.250. The van der Waals surface area contributed by atoms with Crippen molar-refractivity contribution >= 4 is 5.78 Å². The Labute approximate surface area is 84.9 Å². The number of carbonyl (C=O) groups excluding carboxylic acids is 1. The maximum atomic E-state index is 10.7. The van der Waals surface area contributed by atoms with Gasteiger partial charge in [0.1, 0.15) is 5.78 Å². The number of benzene rings is 1. The molecule has 0 spiro atoms. The quantitative estimate of drug-likeness (QED) is 0.745. The van der Waals surface area contributed by atoms with E-state index < -0.39 is 0 Å². The van der Waals surface area contributed by atoms with Gasteiger partial charge in [-0.1, -0.05) is 24.3 Å². The van der Waals surface area contributed by atoms with Gasteiger partial charge < -0.3 is 5.11 Å². The molecule has 76 valence electrons. The van der Waals surface area contributed by atoms with Gasteiger partial charge in [-0.15, -0.1) is 13.2 Å². The highest BCUT2D eigenvalue weighted by Crippen LogP contribution is 2.05. The number of ketones is 1. The molecule has 14 heavy (non-hydrogen) atoms. The lowest BCUT2D eigenvalue weighted by Crippen LogP contribution is -1.96. The Balaban J connectivity index is 0.000000791. The third-order valence-corrected chi connectivity index (χ3v) is 1.66. The molecule has 1 aromatic rings. The molecule has 1 N–H and O–H groups in total. The normalized spacial score (nSPS) is 8.71. The molecule has 1 aromatic carbocycles. The van der Waals surface area contributed by atoms with Crippen molar-refractivity contribution in [3.63, 3.8) is 0 Å². The lowest BCUT2D eigenvalue weighted by molar-refractivity contribution is -0.116. The molecule has 0 atom stereocenters. The van der Waals surface area contributed by atoms with Crippen LogP contribution in [0.15, 0.2) is 37.4 Å². The first-order valence-corrected chi connectivity index (χ1v) is 4.40. The average molecular weight is 192 g/mol. The topological polar surface area (TPSA) is 37.3 Å². The molecule has 2 nitrogen and oxygen atoms in total. The van der Waals surface area contributed by atoms with Gasteiger partial charge in [-0.05, 0) is 18.1 Å². The third kappa shape index (κ3) is 4.58. The van der Waals surface area contributed by atoms with Crippen molar-refractivity contribution in [1.82, 2.24) is 0 Å². The fourth-order valence-electron chi connectivity index (χ4n) is 1.05. The zero-order valence-electron chi connectivity index (χ0n) is 8.49. The van der Waals surface area contributed by atoms with Crippen LogP contribution in [-0.4, -0.2) is 10.9 Å². The molecular formula is C12H16O2. The summed E-state index contributed by atoms with van der Waals surface area (Å²) in [6.07, 6.45) is 0.478. The van der Waals surface area contributed by atoms with E-state index in [1.54, 1.807) is 6.92 Å². The second-order valence-corrected chi connectivity index (χ2v) is 2.85. The minimum absolute atomic E-state index is 0.0559. The van der Waals surface area contributed by atoms with E-state index >= 15 is 0 Å². The zero-order chi connectivity index (χ0) is 11.0. The Morgan fingerprint density at radius 3 is 2.00 bits per heavy atom. The van der Waals surface area contributed by atoms with Crippen LogP contribution in [0.1, 0.15) is 18.1 Å². The zero-order valence-corrected chi connectivity index (χ0v) is 8.49. The molecule has 0 bridgehead atoms. The monoisotopic (exact) mass is 192 g/mol. The van der Waals surface area contributed by atoms with E-state index in [2.05, 4.69) is 13.2 Å². The Hall–Kier alpha value is -1.41. The van der Waals surface area contributed by atoms with Crippen LogP contribution in [0.3, 0.4) is 0 Å². The molecule has 0 amide bonds. The van der Waals surface area contributed by atoms with Crippen molar-refractivity contribution < 1.29 is 9.90 Å². The molecular weight excluding hydrogens is 176 g/mol. The molecule has 0 unspecified atom stereocenters. The second-order valence-electron chi connectivity index (χ2n) is 2.85. The Bertz CT molecular complexity index is 275. The molecule has 2 heteroatoms. The molecule has 0 saturated heterocycles. The summed E-state index contributed by atoms with van der Waals surface area (Å²) in [6.45, 7) is 7.63. The molecule has 0 aliphatic rings. The van der Waals surface area contributed by atoms with Crippen molar-refractivity contribution in [1.29, 1.82) is 0 Å². The molecule has 1 rings (SSSR count). The van der Waals surface area contributed by atoms with Gasteiger partial charge in [0.05, 0.1) is 6.61 Å². The van der Waals surface area contributed by atoms with E-state index in [9.17, 15) is 4.79 Å². The van der Waals surface area contributed by atoms with Gasteiger partial charge in [-0.25, -0.2) is 0 Å². The minimum atomic E-state index is 0.0559. The third-order valence-electron chi connectivity index (χ3n) is 1.66. The summed E-state index contributed by atoms with van der Waals surface area (Å²) < 4.78 is 0. The summed E-state index contributed by atoms with van der Waals surface area (Å²) in [5.41, 5.74) is 1.88. The highest BCUT2D eigenvalue weighted by Gasteiger charge is 1.96. The van der Waals surface area contributed by atoms with E-state index in [1.807, 2.05) is 24.3 Å². The van der Waals surface area contributed by atoms with Crippen molar-refractivity contribution in [2.75, 3.05) is 0 Å². The summed E-state index contributed by atoms with van der Waals surface area (Å²) in [5, 5.41) is 8.74. The van der Waals surface area contributed by atoms with Crippen LogP contribution in [0, 0.1) is 0 Å². The van der Waals surface area contributed by atoms with Crippen LogP contribution in [-0.2, 0) is 17.8 Å². The Morgan fingerprint density at radius 2 is 1.64 bits per heavy atom. The van der Waals surface area contributed by atoms with Crippen LogP contribution in [0.25, 0.3) is 0 Å². The Kier molecular flexibility index (Phi) is 6.33. The highest BCUT2D eigenvalue weighted by atomic mass is 16.3. The van der Waals surface area contributed by atoms with Gasteiger partial charge in [-0.2, -0.15) is 0 Å². The van der Waals surface area contributed by atoms with Gasteiger partial charge in [-0.3, -0.25) is 4.79 Å². The summed E-state index contributed by atoms with van der Waals surface area (Å²) in [6, 6.07) is 7.40. The van der Waals surface area contributed by atoms with E-state index in [0.717, 1.165) is 11.1 Å². The van der Waals surface area contributed by atoms with Gasteiger partial charge in [0.2, 0.25) is 0 Å². The van der Waals surface area contributed by atoms with Crippen LogP contribution in [0.4, 0.5) is 0 Å². The predicted octanol–water partition coefficient (Wildman–Crippen LogP) is 2.11. The average Bonchev–Trinajstić information content (AvgIpc) is 2.21. The highest BCUT2D eigenvalue weighted by molar-refractivity contribution is 5.78. The smallest absolute Gasteiger partial charge is 0.134 e. The SMILES string of the molecule is C=C.CC(=O)Cc1ccc(CO)cc1. The van der Waals surface area contributed by atoms with Crippen LogP contribution >= 0.6 is 0 Å². The standard InChI is InChI=1S/C10H12O2.C2H4/c1-8(12)6-9-2-4-10(7-11)5-3-9;1-2/h2-5,11H,6-7H2,1H3;1-2H2. The van der Waals surface area contributed by atoms with E-state index in [4.69, 9.17) is 5.11 Å². The maximum absolute atomic E-state index is 10.7. The molecule has 0 fully saturated rings. The van der Waals surface area contributed by atoms with Gasteiger partial charge >= 0.3 is 0 Å². The summed E-state index contributed by atoms with van der Waals surface area (Å²) in [5.74, 6) is 0.159. The van der Waals surface area contributed by atoms with Gasteiger partial charge in [0, 0.05) is 6.42 Å². The second kappa shape index (κ2) is 7.04. The summed E-state index contributed by atoms with van der Waals surface area (Å²) >= 11 is 0. The molecule has 0 aliphatic carbocycles. The first-order chi connectivity index (χ1) is 6.72. The Morgan fingerprint density at radius 1 is 1.21 bits per heavy atom. The van der Waals surface area contributed by atoms with E-state index in [1.165, 1.54) is 0 Å². The molecule has 0 radical (unpaired) electrons. The number of hydrogen-bond donors (Lipinski definition) is 1. The van der Waals surface area contributed by atoms with Crippen LogP contribution in [0.5, 0.6) is 0 Å². The van der Waals surface area contributed by atoms with Crippen LogP contribution < -0.4 is 0 Å². The predicted molar refractivity (Wildman–Crippen MR) is 58.0 cm³/mol. The fourth-order valence-corrected chi connectivity index (χ4v) is 1.05. The number of aliphatic hydroxyl groups is 1. The number of carbonyl (C=O) groups is 1. The molecule has 0 heterocycles. The number of aliphatic hydroxyl groups excluding tert-OH is 1. The number of Topliss-reactive ketones (excluding diaryl/α,β-unsaturated/α-hetero) is 1.